The molecule has 1 aliphatic rings. The van der Waals surface area contributed by atoms with E-state index in [1.165, 1.54) is 27.1 Å². The van der Waals surface area contributed by atoms with Gasteiger partial charge >= 0.3 is 5.76 Å². The molecule has 0 N–H and O–H groups in total. The predicted molar refractivity (Wildman–Crippen MR) is 98.4 cm³/mol. The quantitative estimate of drug-likeness (QED) is 0.635. The molecule has 0 amide bonds. The van der Waals surface area contributed by atoms with Crippen LogP contribution in [0, 0.1) is 0 Å². The second kappa shape index (κ2) is 5.74. The molecule has 0 aliphatic carbocycles. The molecule has 25 heavy (non-hydrogen) atoms. The summed E-state index contributed by atoms with van der Waals surface area (Å²) in [5, 5.41) is 0. The monoisotopic (exact) mass is 422 g/mol. The van der Waals surface area contributed by atoms with E-state index < -0.39 is 15.8 Å². The highest BCUT2D eigenvalue weighted by Gasteiger charge is 2.29. The molecule has 6 nitrogen and oxygen atoms in total. The maximum absolute atomic E-state index is 13.2. The molecule has 1 aromatic heterocycles. The van der Waals surface area contributed by atoms with Crippen LogP contribution in [0.4, 0.5) is 5.69 Å². The average Bonchev–Trinajstić information content (AvgIpc) is 2.88. The standard InChI is InChI=1S/C17H15BrN2O4S/c1-19-15-10-13(5-7-16(15)24-17(19)21)25(22,23)20-8-2-3-11-9-12(18)4-6-14(11)20/h4-7,9-10H,2-3,8H2,1H3. The topological polar surface area (TPSA) is 72.5 Å². The van der Waals surface area contributed by atoms with Crippen LogP contribution in [-0.4, -0.2) is 19.5 Å². The second-order valence-electron chi connectivity index (χ2n) is 6.01. The van der Waals surface area contributed by atoms with Crippen LogP contribution in [0.3, 0.4) is 0 Å². The molecule has 0 spiro atoms. The average molecular weight is 423 g/mol. The third-order valence-electron chi connectivity index (χ3n) is 4.47. The molecule has 2 heterocycles. The Labute approximate surface area is 152 Å². The summed E-state index contributed by atoms with van der Waals surface area (Å²) in [5.41, 5.74) is 2.53. The summed E-state index contributed by atoms with van der Waals surface area (Å²) in [4.78, 5) is 11.8. The van der Waals surface area contributed by atoms with Gasteiger partial charge in [-0.2, -0.15) is 0 Å². The van der Waals surface area contributed by atoms with Crippen LogP contribution in [0.2, 0.25) is 0 Å². The molecule has 0 saturated carbocycles. The summed E-state index contributed by atoms with van der Waals surface area (Å²) in [6, 6.07) is 10.1. The third-order valence-corrected chi connectivity index (χ3v) is 6.77. The van der Waals surface area contributed by atoms with Crippen LogP contribution in [0.1, 0.15) is 12.0 Å². The number of oxazole rings is 1. The number of sulfonamides is 1. The Bertz CT molecular complexity index is 1150. The van der Waals surface area contributed by atoms with Gasteiger partial charge in [-0.05, 0) is 54.8 Å². The lowest BCUT2D eigenvalue weighted by molar-refractivity contribution is 0.528. The van der Waals surface area contributed by atoms with Gasteiger partial charge in [-0.1, -0.05) is 15.9 Å². The van der Waals surface area contributed by atoms with Crippen LogP contribution in [0.5, 0.6) is 0 Å². The summed E-state index contributed by atoms with van der Waals surface area (Å²) >= 11 is 3.43. The lowest BCUT2D eigenvalue weighted by Crippen LogP contribution is -2.35. The number of hydrogen-bond donors (Lipinski definition) is 0. The molecule has 1 aliphatic heterocycles. The van der Waals surface area contributed by atoms with Crippen LogP contribution >= 0.6 is 15.9 Å². The number of halogens is 1. The van der Waals surface area contributed by atoms with Crippen molar-refractivity contribution in [1.82, 2.24) is 4.57 Å². The van der Waals surface area contributed by atoms with E-state index in [1.807, 2.05) is 18.2 Å². The molecule has 4 rings (SSSR count). The molecule has 2 aromatic carbocycles. The Morgan fingerprint density at radius 2 is 1.96 bits per heavy atom. The Morgan fingerprint density at radius 3 is 2.76 bits per heavy atom. The van der Waals surface area contributed by atoms with E-state index in [0.717, 1.165) is 22.9 Å². The van der Waals surface area contributed by atoms with Crippen molar-refractivity contribution in [2.75, 3.05) is 10.8 Å². The zero-order valence-electron chi connectivity index (χ0n) is 13.4. The largest absolute Gasteiger partial charge is 0.419 e. The van der Waals surface area contributed by atoms with Gasteiger partial charge < -0.3 is 4.42 Å². The van der Waals surface area contributed by atoms with E-state index in [1.54, 1.807) is 7.05 Å². The first-order valence-corrected chi connectivity index (χ1v) is 10.0. The summed E-state index contributed by atoms with van der Waals surface area (Å²) in [6.45, 7) is 0.430. The van der Waals surface area contributed by atoms with Crippen LogP contribution in [0.25, 0.3) is 11.1 Å². The molecule has 0 atom stereocenters. The lowest BCUT2D eigenvalue weighted by Gasteiger charge is -2.30. The fourth-order valence-electron chi connectivity index (χ4n) is 3.18. The number of hydrogen-bond acceptors (Lipinski definition) is 4. The van der Waals surface area contributed by atoms with Crippen molar-refractivity contribution in [3.05, 3.63) is 57.0 Å². The zero-order valence-corrected chi connectivity index (χ0v) is 15.8. The number of benzene rings is 2. The third kappa shape index (κ3) is 2.60. The van der Waals surface area contributed by atoms with Gasteiger partial charge in [0.1, 0.15) is 0 Å². The van der Waals surface area contributed by atoms with Crippen molar-refractivity contribution >= 4 is 42.7 Å². The molecule has 3 aromatic rings. The summed E-state index contributed by atoms with van der Waals surface area (Å²) < 4.78 is 35.1. The van der Waals surface area contributed by atoms with Crippen molar-refractivity contribution in [2.24, 2.45) is 7.05 Å². The molecular formula is C17H15BrN2O4S. The van der Waals surface area contributed by atoms with E-state index in [0.29, 0.717) is 23.3 Å². The summed E-state index contributed by atoms with van der Waals surface area (Å²) in [7, 11) is -2.17. The fraction of sp³-hybridized carbons (Fsp3) is 0.235. The number of anilines is 1. The lowest BCUT2D eigenvalue weighted by atomic mass is 10.0. The first-order chi connectivity index (χ1) is 11.9. The van der Waals surface area contributed by atoms with Gasteiger partial charge in [0.25, 0.3) is 10.0 Å². The molecule has 0 radical (unpaired) electrons. The molecule has 0 unspecified atom stereocenters. The summed E-state index contributed by atoms with van der Waals surface area (Å²) in [5.74, 6) is -0.516. The molecule has 8 heteroatoms. The van der Waals surface area contributed by atoms with E-state index in [4.69, 9.17) is 4.42 Å². The Hall–Kier alpha value is -2.06. The van der Waals surface area contributed by atoms with Gasteiger partial charge in [-0.15, -0.1) is 0 Å². The molecule has 130 valence electrons. The molecule has 0 bridgehead atoms. The van der Waals surface area contributed by atoms with Crippen molar-refractivity contribution in [1.29, 1.82) is 0 Å². The second-order valence-corrected chi connectivity index (χ2v) is 8.79. The highest BCUT2D eigenvalue weighted by atomic mass is 79.9. The van der Waals surface area contributed by atoms with Crippen molar-refractivity contribution in [2.45, 2.75) is 17.7 Å². The molecule has 0 fully saturated rings. The molecule has 0 saturated heterocycles. The van der Waals surface area contributed by atoms with E-state index >= 15 is 0 Å². The number of aromatic nitrogens is 1. The highest BCUT2D eigenvalue weighted by Crippen LogP contribution is 2.34. The van der Waals surface area contributed by atoms with Gasteiger partial charge in [0.2, 0.25) is 0 Å². The van der Waals surface area contributed by atoms with E-state index in [-0.39, 0.29) is 4.90 Å². The van der Waals surface area contributed by atoms with E-state index in [2.05, 4.69) is 15.9 Å². The van der Waals surface area contributed by atoms with Crippen LogP contribution in [-0.2, 0) is 23.5 Å². The Balaban J connectivity index is 1.86. The van der Waals surface area contributed by atoms with Gasteiger partial charge in [-0.3, -0.25) is 8.87 Å². The highest BCUT2D eigenvalue weighted by molar-refractivity contribution is 9.10. The van der Waals surface area contributed by atoms with Crippen molar-refractivity contribution < 1.29 is 12.8 Å². The normalized spacial score (nSPS) is 14.7. The molecular weight excluding hydrogens is 408 g/mol. The number of nitrogens with zero attached hydrogens (tertiary/aromatic N) is 2. The van der Waals surface area contributed by atoms with Crippen molar-refractivity contribution in [3.63, 3.8) is 0 Å². The van der Waals surface area contributed by atoms with Gasteiger partial charge in [0, 0.05) is 18.1 Å². The maximum atomic E-state index is 13.2. The Morgan fingerprint density at radius 1 is 1.16 bits per heavy atom. The van der Waals surface area contributed by atoms with Crippen molar-refractivity contribution in [3.8, 4) is 0 Å². The smallest absolute Gasteiger partial charge is 0.408 e. The first kappa shape index (κ1) is 16.4. The van der Waals surface area contributed by atoms with E-state index in [9.17, 15) is 13.2 Å². The fourth-order valence-corrected chi connectivity index (χ4v) is 5.15. The maximum Gasteiger partial charge on any atom is 0.419 e. The van der Waals surface area contributed by atoms with Gasteiger partial charge in [0.15, 0.2) is 5.58 Å². The number of rotatable bonds is 2. The minimum Gasteiger partial charge on any atom is -0.408 e. The Kier molecular flexibility index (Phi) is 3.77. The number of aryl methyl sites for hydroxylation is 2. The zero-order chi connectivity index (χ0) is 17.8. The predicted octanol–water partition coefficient (Wildman–Crippen LogP) is 3.04. The summed E-state index contributed by atoms with van der Waals surface area (Å²) in [6.07, 6.45) is 1.60. The first-order valence-electron chi connectivity index (χ1n) is 7.79. The minimum absolute atomic E-state index is 0.146. The number of fused-ring (bicyclic) bond motifs is 2. The minimum atomic E-state index is -3.73. The SMILES string of the molecule is Cn1c(=O)oc2ccc(S(=O)(=O)N3CCCc4cc(Br)ccc43)cc21. The van der Waals surface area contributed by atoms with Crippen LogP contribution < -0.4 is 10.1 Å². The van der Waals surface area contributed by atoms with Gasteiger partial charge in [-0.25, -0.2) is 13.2 Å². The van der Waals surface area contributed by atoms with Gasteiger partial charge in [0.05, 0.1) is 16.1 Å². The van der Waals surface area contributed by atoms with Crippen LogP contribution in [0.15, 0.2) is 55.0 Å².